The molecule has 0 aromatic heterocycles. The van der Waals surface area contributed by atoms with E-state index >= 15 is 0 Å². The molecule has 0 aliphatic carbocycles. The molecule has 0 spiro atoms. The van der Waals surface area contributed by atoms with E-state index in [0.717, 1.165) is 25.9 Å². The van der Waals surface area contributed by atoms with Gasteiger partial charge in [0, 0.05) is 24.7 Å². The number of nitrogens with one attached hydrogen (secondary N) is 1. The standard InChI is InChI=1S/C14H18ClN3O3/c1-17-6-2-3-10(9-17)8-16-14(19)11-4-5-12(15)13(7-11)18(20)21/h4-5,7,10H,2-3,6,8-9H2,1H3,(H,16,19). The van der Waals surface area contributed by atoms with Gasteiger partial charge in [0.1, 0.15) is 5.02 Å². The molecule has 1 heterocycles. The van der Waals surface area contributed by atoms with E-state index < -0.39 is 4.92 Å². The number of carbonyl (C=O) groups is 1. The predicted octanol–water partition coefficient (Wildman–Crippen LogP) is 2.32. The van der Waals surface area contributed by atoms with E-state index in [-0.39, 0.29) is 22.2 Å². The second-order valence-corrected chi connectivity index (χ2v) is 5.81. The van der Waals surface area contributed by atoms with Gasteiger partial charge in [-0.15, -0.1) is 0 Å². The number of rotatable bonds is 4. The first-order valence-electron chi connectivity index (χ1n) is 6.88. The Hall–Kier alpha value is -1.66. The maximum absolute atomic E-state index is 12.1. The Bertz CT molecular complexity index is 550. The van der Waals surface area contributed by atoms with Gasteiger partial charge in [-0.1, -0.05) is 11.6 Å². The van der Waals surface area contributed by atoms with Crippen molar-refractivity contribution < 1.29 is 9.72 Å². The number of nitrogens with zero attached hydrogens (tertiary/aromatic N) is 2. The van der Waals surface area contributed by atoms with Gasteiger partial charge in [-0.3, -0.25) is 14.9 Å². The van der Waals surface area contributed by atoms with E-state index in [9.17, 15) is 14.9 Å². The van der Waals surface area contributed by atoms with E-state index in [1.165, 1.54) is 18.2 Å². The summed E-state index contributed by atoms with van der Waals surface area (Å²) in [6, 6.07) is 4.09. The van der Waals surface area contributed by atoms with Crippen LogP contribution in [0.3, 0.4) is 0 Å². The first-order chi connectivity index (χ1) is 9.97. The first kappa shape index (κ1) is 15.7. The van der Waals surface area contributed by atoms with Crippen molar-refractivity contribution in [2.75, 3.05) is 26.7 Å². The maximum atomic E-state index is 12.1. The van der Waals surface area contributed by atoms with E-state index in [0.29, 0.717) is 12.5 Å². The number of nitro benzene ring substituents is 1. The van der Waals surface area contributed by atoms with Crippen molar-refractivity contribution in [3.05, 3.63) is 38.9 Å². The van der Waals surface area contributed by atoms with Gasteiger partial charge in [0.25, 0.3) is 11.6 Å². The summed E-state index contributed by atoms with van der Waals surface area (Å²) in [5, 5.41) is 13.7. The lowest BCUT2D eigenvalue weighted by Crippen LogP contribution is -2.39. The molecule has 2 rings (SSSR count). The lowest BCUT2D eigenvalue weighted by Gasteiger charge is -2.29. The van der Waals surface area contributed by atoms with Gasteiger partial charge < -0.3 is 10.2 Å². The molecule has 1 fully saturated rings. The molecular formula is C14H18ClN3O3. The van der Waals surface area contributed by atoms with E-state index in [2.05, 4.69) is 17.3 Å². The topological polar surface area (TPSA) is 75.5 Å². The fourth-order valence-corrected chi connectivity index (χ4v) is 2.76. The molecule has 6 nitrogen and oxygen atoms in total. The highest BCUT2D eigenvalue weighted by Crippen LogP contribution is 2.25. The summed E-state index contributed by atoms with van der Waals surface area (Å²) >= 11 is 5.73. The van der Waals surface area contributed by atoms with Gasteiger partial charge >= 0.3 is 0 Å². The van der Waals surface area contributed by atoms with Crippen LogP contribution in [0.4, 0.5) is 5.69 Å². The fraction of sp³-hybridized carbons (Fsp3) is 0.500. The van der Waals surface area contributed by atoms with E-state index in [1.54, 1.807) is 0 Å². The molecule has 21 heavy (non-hydrogen) atoms. The number of benzene rings is 1. The van der Waals surface area contributed by atoms with Gasteiger partial charge in [-0.25, -0.2) is 0 Å². The summed E-state index contributed by atoms with van der Waals surface area (Å²) in [6.45, 7) is 2.63. The minimum absolute atomic E-state index is 0.0328. The molecule has 1 aromatic carbocycles. The normalized spacial score (nSPS) is 19.2. The smallest absolute Gasteiger partial charge is 0.288 e. The predicted molar refractivity (Wildman–Crippen MR) is 80.7 cm³/mol. The van der Waals surface area contributed by atoms with Crippen LogP contribution in [-0.4, -0.2) is 42.4 Å². The Labute approximate surface area is 128 Å². The highest BCUT2D eigenvalue weighted by atomic mass is 35.5. The number of likely N-dealkylation sites (tertiary alicyclic amines) is 1. The molecule has 1 N–H and O–H groups in total. The van der Waals surface area contributed by atoms with Crippen LogP contribution in [0.1, 0.15) is 23.2 Å². The Kier molecular flexibility index (Phi) is 5.14. The van der Waals surface area contributed by atoms with Crippen molar-refractivity contribution in [2.45, 2.75) is 12.8 Å². The summed E-state index contributed by atoms with van der Waals surface area (Å²) in [5.41, 5.74) is 0.0111. The molecule has 0 bridgehead atoms. The molecule has 1 saturated heterocycles. The first-order valence-corrected chi connectivity index (χ1v) is 7.26. The van der Waals surface area contributed by atoms with Crippen molar-refractivity contribution in [2.24, 2.45) is 5.92 Å². The number of hydrogen-bond acceptors (Lipinski definition) is 4. The number of carbonyl (C=O) groups excluding carboxylic acids is 1. The second-order valence-electron chi connectivity index (χ2n) is 5.40. The zero-order valence-corrected chi connectivity index (χ0v) is 12.6. The summed E-state index contributed by atoms with van der Waals surface area (Å²) in [4.78, 5) is 24.5. The Balaban J connectivity index is 1.97. The lowest BCUT2D eigenvalue weighted by molar-refractivity contribution is -0.384. The average molecular weight is 312 g/mol. The zero-order valence-electron chi connectivity index (χ0n) is 11.8. The van der Waals surface area contributed by atoms with Crippen molar-refractivity contribution in [1.29, 1.82) is 0 Å². The molecule has 1 amide bonds. The maximum Gasteiger partial charge on any atom is 0.288 e. The van der Waals surface area contributed by atoms with Crippen LogP contribution in [0.2, 0.25) is 5.02 Å². The third-order valence-electron chi connectivity index (χ3n) is 3.68. The van der Waals surface area contributed by atoms with Gasteiger partial charge in [0.2, 0.25) is 0 Å². The molecule has 1 aliphatic rings. The Morgan fingerprint density at radius 3 is 3.00 bits per heavy atom. The van der Waals surface area contributed by atoms with Gasteiger partial charge in [-0.05, 0) is 44.5 Å². The molecular weight excluding hydrogens is 294 g/mol. The summed E-state index contributed by atoms with van der Waals surface area (Å²) < 4.78 is 0. The van der Waals surface area contributed by atoms with Crippen LogP contribution >= 0.6 is 11.6 Å². The number of piperidine rings is 1. The molecule has 1 aliphatic heterocycles. The van der Waals surface area contributed by atoms with Crippen LogP contribution in [0.5, 0.6) is 0 Å². The van der Waals surface area contributed by atoms with Gasteiger partial charge in [0.05, 0.1) is 4.92 Å². The molecule has 114 valence electrons. The zero-order chi connectivity index (χ0) is 15.4. The van der Waals surface area contributed by atoms with Gasteiger partial charge in [-0.2, -0.15) is 0 Å². The number of hydrogen-bond donors (Lipinski definition) is 1. The largest absolute Gasteiger partial charge is 0.352 e. The highest BCUT2D eigenvalue weighted by molar-refractivity contribution is 6.32. The molecule has 0 radical (unpaired) electrons. The van der Waals surface area contributed by atoms with Crippen molar-refractivity contribution in [3.8, 4) is 0 Å². The molecule has 0 saturated carbocycles. The Morgan fingerprint density at radius 1 is 1.57 bits per heavy atom. The third kappa shape index (κ3) is 4.15. The highest BCUT2D eigenvalue weighted by Gasteiger charge is 2.19. The number of nitro groups is 1. The molecule has 1 unspecified atom stereocenters. The van der Waals surface area contributed by atoms with E-state index in [1.807, 2.05) is 0 Å². The van der Waals surface area contributed by atoms with Crippen LogP contribution in [0.25, 0.3) is 0 Å². The summed E-state index contributed by atoms with van der Waals surface area (Å²) in [5.74, 6) is 0.123. The van der Waals surface area contributed by atoms with Crippen molar-refractivity contribution in [1.82, 2.24) is 10.2 Å². The molecule has 7 heteroatoms. The molecule has 1 aromatic rings. The van der Waals surface area contributed by atoms with Crippen molar-refractivity contribution in [3.63, 3.8) is 0 Å². The van der Waals surface area contributed by atoms with Crippen molar-refractivity contribution >= 4 is 23.2 Å². The fourth-order valence-electron chi connectivity index (χ4n) is 2.57. The lowest BCUT2D eigenvalue weighted by atomic mass is 9.98. The van der Waals surface area contributed by atoms with Crippen LogP contribution < -0.4 is 5.32 Å². The minimum atomic E-state index is -0.588. The average Bonchev–Trinajstić information content (AvgIpc) is 2.45. The summed E-state index contributed by atoms with van der Waals surface area (Å²) in [7, 11) is 2.07. The quantitative estimate of drug-likeness (QED) is 0.684. The Morgan fingerprint density at radius 2 is 2.33 bits per heavy atom. The van der Waals surface area contributed by atoms with E-state index in [4.69, 9.17) is 11.6 Å². The van der Waals surface area contributed by atoms with Crippen LogP contribution in [0.15, 0.2) is 18.2 Å². The number of halogens is 1. The third-order valence-corrected chi connectivity index (χ3v) is 4.00. The monoisotopic (exact) mass is 311 g/mol. The number of amides is 1. The summed E-state index contributed by atoms with van der Waals surface area (Å²) in [6.07, 6.45) is 2.22. The van der Waals surface area contributed by atoms with Crippen LogP contribution in [-0.2, 0) is 0 Å². The minimum Gasteiger partial charge on any atom is -0.352 e. The SMILES string of the molecule is CN1CCCC(CNC(=O)c2ccc(Cl)c([N+](=O)[O-])c2)C1. The van der Waals surface area contributed by atoms with Crippen LogP contribution in [0, 0.1) is 16.0 Å². The molecule has 1 atom stereocenters. The van der Waals surface area contributed by atoms with Gasteiger partial charge in [0.15, 0.2) is 0 Å². The second kappa shape index (κ2) is 6.87.